The van der Waals surface area contributed by atoms with Crippen LogP contribution in [0.5, 0.6) is 5.75 Å². The quantitative estimate of drug-likeness (QED) is 0.0720. The molecule has 0 saturated heterocycles. The van der Waals surface area contributed by atoms with Gasteiger partial charge < -0.3 is 13.9 Å². The van der Waals surface area contributed by atoms with Gasteiger partial charge in [-0.1, -0.05) is 81.9 Å². The third-order valence-electron chi connectivity index (χ3n) is 8.27. The number of rotatable bonds is 19. The molecule has 0 radical (unpaired) electrons. The van der Waals surface area contributed by atoms with E-state index in [4.69, 9.17) is 13.9 Å². The Hall–Kier alpha value is -3.25. The standard InChI is InChI=1S/C34H47F3N4O5SSi/c1-6-48(7-2,8-3)46-32(20-15-27(4)26-47(42,43)33-38-39-40-41(33)30-13-10-9-11-14-30)28(5)21-24-44-25-29-16-18-31(19-17-29)45-23-12-22-34(35,36)37/h9-11,13-14,16-19,27-28,32H,6-8,12,21-26H2,1-5H3/t27-,28-,32?/m0/s1. The van der Waals surface area contributed by atoms with E-state index in [1.165, 1.54) is 4.68 Å². The summed E-state index contributed by atoms with van der Waals surface area (Å²) in [6, 6.07) is 18.8. The van der Waals surface area contributed by atoms with Gasteiger partial charge in [0.2, 0.25) is 9.84 Å². The Morgan fingerprint density at radius 3 is 2.23 bits per heavy atom. The molecule has 0 aliphatic heterocycles. The number of sulfone groups is 1. The van der Waals surface area contributed by atoms with Crippen LogP contribution in [0.25, 0.3) is 5.69 Å². The van der Waals surface area contributed by atoms with Gasteiger partial charge in [0.05, 0.1) is 24.7 Å². The monoisotopic (exact) mass is 708 g/mol. The van der Waals surface area contributed by atoms with Crippen molar-refractivity contribution in [3.8, 4) is 23.3 Å². The van der Waals surface area contributed by atoms with Gasteiger partial charge in [0.25, 0.3) is 5.16 Å². The van der Waals surface area contributed by atoms with E-state index in [-0.39, 0.29) is 36.0 Å². The van der Waals surface area contributed by atoms with Crippen molar-refractivity contribution in [3.05, 3.63) is 60.2 Å². The fraction of sp³-hybridized carbons (Fsp3) is 0.559. The third kappa shape index (κ3) is 12.3. The minimum Gasteiger partial charge on any atom is -0.494 e. The molecule has 0 bridgehead atoms. The minimum absolute atomic E-state index is 0.000792. The summed E-state index contributed by atoms with van der Waals surface area (Å²) >= 11 is 0. The number of ether oxygens (including phenoxy) is 2. The number of tetrazole rings is 1. The Morgan fingerprint density at radius 2 is 1.60 bits per heavy atom. The van der Waals surface area contributed by atoms with Gasteiger partial charge >= 0.3 is 6.18 Å². The highest BCUT2D eigenvalue weighted by Crippen LogP contribution is 2.27. The third-order valence-corrected chi connectivity index (χ3v) is 14.6. The fourth-order valence-electron chi connectivity index (χ4n) is 5.09. The molecule has 48 heavy (non-hydrogen) atoms. The molecule has 264 valence electrons. The van der Waals surface area contributed by atoms with E-state index in [0.717, 1.165) is 23.7 Å². The van der Waals surface area contributed by atoms with Gasteiger partial charge in [0, 0.05) is 18.9 Å². The summed E-state index contributed by atoms with van der Waals surface area (Å²) in [6.45, 7) is 11.1. The van der Waals surface area contributed by atoms with Crippen molar-refractivity contribution in [2.75, 3.05) is 19.0 Å². The van der Waals surface area contributed by atoms with Gasteiger partial charge in [-0.15, -0.1) is 0 Å². The number of nitrogens with zero attached hydrogens (tertiary/aromatic N) is 4. The summed E-state index contributed by atoms with van der Waals surface area (Å²) in [6.07, 6.45) is -4.84. The SMILES string of the molecule is CC[Si](CC)(CC)OC(C#C[C@H](C)CS(=O)(=O)c1nnnn1-c1ccccc1)[C@@H](C)CCOCc1ccc(OCCCC(F)(F)F)cc1. The van der Waals surface area contributed by atoms with Crippen molar-refractivity contribution >= 4 is 18.2 Å². The van der Waals surface area contributed by atoms with E-state index < -0.39 is 36.7 Å². The lowest BCUT2D eigenvalue weighted by Crippen LogP contribution is -2.41. The van der Waals surface area contributed by atoms with E-state index >= 15 is 0 Å². The zero-order chi connectivity index (χ0) is 35.2. The Kier molecular flexibility index (Phi) is 15.1. The molecule has 3 rings (SSSR count). The molecule has 0 amide bonds. The Labute approximate surface area is 283 Å². The van der Waals surface area contributed by atoms with Crippen molar-refractivity contribution in [2.45, 2.75) is 96.1 Å². The average Bonchev–Trinajstić information content (AvgIpc) is 3.57. The smallest absolute Gasteiger partial charge is 0.389 e. The molecule has 0 aliphatic rings. The molecule has 0 N–H and O–H groups in total. The fourth-order valence-corrected chi connectivity index (χ4v) is 9.37. The zero-order valence-corrected chi connectivity index (χ0v) is 30.2. The van der Waals surface area contributed by atoms with E-state index in [2.05, 4.69) is 55.1 Å². The molecule has 1 heterocycles. The van der Waals surface area contributed by atoms with Crippen molar-refractivity contribution < 1.29 is 35.5 Å². The van der Waals surface area contributed by atoms with Crippen molar-refractivity contribution in [1.82, 2.24) is 20.2 Å². The summed E-state index contributed by atoms with van der Waals surface area (Å²) in [5.41, 5.74) is 1.47. The van der Waals surface area contributed by atoms with Gasteiger partial charge in [0.1, 0.15) is 11.9 Å². The molecule has 1 unspecified atom stereocenters. The number of hydrogen-bond acceptors (Lipinski definition) is 8. The first-order chi connectivity index (χ1) is 22.8. The normalized spacial score (nSPS) is 14.2. The van der Waals surface area contributed by atoms with Crippen LogP contribution in [0.15, 0.2) is 59.8 Å². The topological polar surface area (TPSA) is 105 Å². The minimum atomic E-state index is -4.18. The van der Waals surface area contributed by atoms with Gasteiger partial charge in [-0.25, -0.2) is 8.42 Å². The van der Waals surface area contributed by atoms with E-state index in [0.29, 0.717) is 31.1 Å². The molecule has 2 aromatic carbocycles. The molecule has 0 spiro atoms. The van der Waals surface area contributed by atoms with E-state index in [9.17, 15) is 21.6 Å². The molecule has 0 fully saturated rings. The van der Waals surface area contributed by atoms with Crippen LogP contribution in [0.1, 0.15) is 59.4 Å². The van der Waals surface area contributed by atoms with Gasteiger partial charge in [-0.2, -0.15) is 17.9 Å². The Morgan fingerprint density at radius 1 is 0.938 bits per heavy atom. The highest BCUT2D eigenvalue weighted by Gasteiger charge is 2.33. The largest absolute Gasteiger partial charge is 0.494 e. The number of alkyl halides is 3. The van der Waals surface area contributed by atoms with Crippen LogP contribution >= 0.6 is 0 Å². The molecule has 1 aromatic heterocycles. The van der Waals surface area contributed by atoms with Crippen LogP contribution in [-0.4, -0.2) is 68.2 Å². The van der Waals surface area contributed by atoms with Crippen LogP contribution < -0.4 is 4.74 Å². The van der Waals surface area contributed by atoms with E-state index in [1.54, 1.807) is 43.3 Å². The number of halogens is 3. The zero-order valence-electron chi connectivity index (χ0n) is 28.4. The van der Waals surface area contributed by atoms with Gasteiger partial charge in [-0.05, 0) is 77.1 Å². The van der Waals surface area contributed by atoms with Crippen LogP contribution in [0, 0.1) is 23.7 Å². The molecule has 0 saturated carbocycles. The summed E-state index contributed by atoms with van der Waals surface area (Å²) in [5.74, 6) is 6.26. The maximum absolute atomic E-state index is 13.3. The van der Waals surface area contributed by atoms with Crippen LogP contribution in [0.2, 0.25) is 18.1 Å². The second-order valence-corrected chi connectivity index (χ2v) is 18.6. The maximum atomic E-state index is 13.3. The molecular formula is C34H47F3N4O5SSi. The first-order valence-corrected chi connectivity index (χ1v) is 20.6. The number of hydrogen-bond donors (Lipinski definition) is 0. The molecule has 3 atom stereocenters. The predicted molar refractivity (Wildman–Crippen MR) is 181 cm³/mol. The first-order valence-electron chi connectivity index (χ1n) is 16.4. The summed E-state index contributed by atoms with van der Waals surface area (Å²) in [5, 5.41) is 11.1. The lowest BCUT2D eigenvalue weighted by atomic mass is 10.0. The molecule has 9 nitrogen and oxygen atoms in total. The lowest BCUT2D eigenvalue weighted by Gasteiger charge is -2.33. The molecule has 0 aliphatic carbocycles. The molecule has 14 heteroatoms. The van der Waals surface area contributed by atoms with Crippen LogP contribution in [0.3, 0.4) is 0 Å². The van der Waals surface area contributed by atoms with Crippen LogP contribution in [-0.2, 0) is 25.6 Å². The summed E-state index contributed by atoms with van der Waals surface area (Å²) < 4.78 is 83.0. The number of para-hydroxylation sites is 1. The van der Waals surface area contributed by atoms with Crippen molar-refractivity contribution in [1.29, 1.82) is 0 Å². The summed E-state index contributed by atoms with van der Waals surface area (Å²) in [7, 11) is -5.88. The maximum Gasteiger partial charge on any atom is 0.389 e. The molecule has 3 aromatic rings. The van der Waals surface area contributed by atoms with Crippen LogP contribution in [0.4, 0.5) is 13.2 Å². The Balaban J connectivity index is 1.60. The lowest BCUT2D eigenvalue weighted by molar-refractivity contribution is -0.136. The number of aromatic nitrogens is 4. The average molecular weight is 709 g/mol. The van der Waals surface area contributed by atoms with Gasteiger partial charge in [-0.3, -0.25) is 0 Å². The number of benzene rings is 2. The second kappa shape index (κ2) is 18.5. The Bertz CT molecular complexity index is 1550. The summed E-state index contributed by atoms with van der Waals surface area (Å²) in [4.78, 5) is 0. The van der Waals surface area contributed by atoms with Gasteiger partial charge in [0.15, 0.2) is 8.32 Å². The van der Waals surface area contributed by atoms with Crippen molar-refractivity contribution in [2.24, 2.45) is 11.8 Å². The highest BCUT2D eigenvalue weighted by molar-refractivity contribution is 7.91. The predicted octanol–water partition coefficient (Wildman–Crippen LogP) is 7.43. The molecular weight excluding hydrogens is 662 g/mol. The first kappa shape index (κ1) is 39.2. The van der Waals surface area contributed by atoms with E-state index in [1.807, 2.05) is 18.2 Å². The highest BCUT2D eigenvalue weighted by atomic mass is 32.2. The van der Waals surface area contributed by atoms with Crippen molar-refractivity contribution in [3.63, 3.8) is 0 Å². The second-order valence-electron chi connectivity index (χ2n) is 12.0.